The van der Waals surface area contributed by atoms with Gasteiger partial charge >= 0.3 is 7.25 Å². The summed E-state index contributed by atoms with van der Waals surface area (Å²) in [7, 11) is -4.09. The van der Waals surface area contributed by atoms with Crippen LogP contribution in [0.4, 0.5) is 17.3 Å². The van der Waals surface area contributed by atoms with Crippen molar-refractivity contribution in [2.24, 2.45) is 7.05 Å². The second kappa shape index (κ2) is 6.15. The zero-order chi connectivity index (χ0) is 12.8. The highest BCUT2D eigenvalue weighted by atomic mass is 19.5. The lowest BCUT2D eigenvalue weighted by atomic mass is 10.1. The van der Waals surface area contributed by atoms with Gasteiger partial charge in [-0.15, -0.1) is 0 Å². The molecule has 8 heteroatoms. The van der Waals surface area contributed by atoms with Crippen molar-refractivity contribution < 1.29 is 17.3 Å². The van der Waals surface area contributed by atoms with E-state index in [9.17, 15) is 17.3 Å². The number of hydrogen-bond donors (Lipinski definition) is 0. The number of imidazole rings is 1. The molecule has 0 bridgehead atoms. The van der Waals surface area contributed by atoms with E-state index in [0.717, 1.165) is 12.2 Å². The van der Waals surface area contributed by atoms with Gasteiger partial charge in [0.05, 0.1) is 6.07 Å². The van der Waals surface area contributed by atoms with Crippen LogP contribution < -0.4 is 0 Å². The molecule has 0 saturated heterocycles. The van der Waals surface area contributed by atoms with Crippen LogP contribution in [0.25, 0.3) is 0 Å². The molecular formula is C8H11BF4N3-. The van der Waals surface area contributed by atoms with Crippen molar-refractivity contribution in [3.8, 4) is 6.07 Å². The summed E-state index contributed by atoms with van der Waals surface area (Å²) in [5.41, 5.74) is 0. The van der Waals surface area contributed by atoms with E-state index in [1.165, 1.54) is 0 Å². The molecule has 16 heavy (non-hydrogen) atoms. The van der Waals surface area contributed by atoms with Gasteiger partial charge in [-0.2, -0.15) is 5.26 Å². The third-order valence-corrected chi connectivity index (χ3v) is 1.73. The van der Waals surface area contributed by atoms with E-state index in [2.05, 4.69) is 11.1 Å². The topological polar surface area (TPSA) is 41.6 Å². The predicted octanol–water partition coefficient (Wildman–Crippen LogP) is 2.74. The fraction of sp³-hybridized carbons (Fsp3) is 0.500. The number of nitrogens with zero attached hydrogens (tertiary/aromatic N) is 3. The third-order valence-electron chi connectivity index (χ3n) is 1.73. The molecule has 0 N–H and O–H groups in total. The largest absolute Gasteiger partial charge is 0.673 e. The molecule has 0 aliphatic carbocycles. The quantitative estimate of drug-likeness (QED) is 0.585. The summed E-state index contributed by atoms with van der Waals surface area (Å²) >= 11 is 0. The van der Waals surface area contributed by atoms with Gasteiger partial charge in [-0.05, 0) is 6.42 Å². The maximum absolute atomic E-state index is 9.75. The molecule has 0 aromatic carbocycles. The van der Waals surface area contributed by atoms with Gasteiger partial charge in [-0.25, -0.2) is 4.98 Å². The van der Waals surface area contributed by atoms with Crippen LogP contribution in [-0.4, -0.2) is 16.8 Å². The van der Waals surface area contributed by atoms with Gasteiger partial charge < -0.3 is 21.8 Å². The highest BCUT2D eigenvalue weighted by molar-refractivity contribution is 6.50. The first-order valence-electron chi connectivity index (χ1n) is 4.53. The van der Waals surface area contributed by atoms with Crippen molar-refractivity contribution >= 4 is 7.25 Å². The molecule has 0 aliphatic heterocycles. The SMILES string of the molecule is CCC(C#N)c1nccn1C.F[B-](F)(F)F. The summed E-state index contributed by atoms with van der Waals surface area (Å²) < 4.78 is 40.9. The first-order chi connectivity index (χ1) is 7.29. The zero-order valence-corrected chi connectivity index (χ0v) is 8.87. The Hall–Kier alpha value is -1.52. The van der Waals surface area contributed by atoms with Crippen molar-refractivity contribution in [1.82, 2.24) is 9.55 Å². The molecule has 3 nitrogen and oxygen atoms in total. The Morgan fingerprint density at radius 3 is 2.25 bits per heavy atom. The minimum Gasteiger partial charge on any atom is -0.418 e. The van der Waals surface area contributed by atoms with Crippen LogP contribution >= 0.6 is 0 Å². The minimum atomic E-state index is -6.00. The summed E-state index contributed by atoms with van der Waals surface area (Å²) in [6.07, 6.45) is 4.39. The van der Waals surface area contributed by atoms with Gasteiger partial charge in [0.2, 0.25) is 0 Å². The van der Waals surface area contributed by atoms with E-state index in [-0.39, 0.29) is 5.92 Å². The lowest BCUT2D eigenvalue weighted by molar-refractivity contribution is 0.368. The molecule has 1 rings (SSSR count). The van der Waals surface area contributed by atoms with Crippen LogP contribution in [-0.2, 0) is 7.05 Å². The first kappa shape index (κ1) is 14.5. The van der Waals surface area contributed by atoms with Crippen LogP contribution in [0.15, 0.2) is 12.4 Å². The predicted molar refractivity (Wildman–Crippen MR) is 52.0 cm³/mol. The molecule has 1 heterocycles. The van der Waals surface area contributed by atoms with Crippen LogP contribution in [0.3, 0.4) is 0 Å². The number of hydrogen-bond acceptors (Lipinski definition) is 2. The van der Waals surface area contributed by atoms with Crippen LogP contribution in [0, 0.1) is 11.3 Å². The maximum atomic E-state index is 9.75. The molecule has 1 unspecified atom stereocenters. The summed E-state index contributed by atoms with van der Waals surface area (Å²) in [5, 5.41) is 8.72. The van der Waals surface area contributed by atoms with E-state index in [1.807, 2.05) is 24.7 Å². The van der Waals surface area contributed by atoms with E-state index < -0.39 is 7.25 Å². The van der Waals surface area contributed by atoms with Crippen LogP contribution in [0.1, 0.15) is 25.1 Å². The normalized spacial score (nSPS) is 12.3. The zero-order valence-electron chi connectivity index (χ0n) is 8.87. The molecule has 90 valence electrons. The highest BCUT2D eigenvalue weighted by Crippen LogP contribution is 2.14. The number of halogens is 4. The lowest BCUT2D eigenvalue weighted by Crippen LogP contribution is -2.02. The average Bonchev–Trinajstić information content (AvgIpc) is 2.52. The van der Waals surface area contributed by atoms with E-state index in [0.29, 0.717) is 0 Å². The fourth-order valence-electron chi connectivity index (χ4n) is 1.04. The Morgan fingerprint density at radius 2 is 2.00 bits per heavy atom. The molecular weight excluding hydrogens is 225 g/mol. The van der Waals surface area contributed by atoms with Gasteiger partial charge in [0.25, 0.3) is 0 Å². The molecule has 1 aromatic heterocycles. The summed E-state index contributed by atoms with van der Waals surface area (Å²) in [6.45, 7) is 1.99. The van der Waals surface area contributed by atoms with Crippen LogP contribution in [0.5, 0.6) is 0 Å². The van der Waals surface area contributed by atoms with Gasteiger partial charge in [-0.3, -0.25) is 0 Å². The van der Waals surface area contributed by atoms with E-state index in [1.54, 1.807) is 6.20 Å². The smallest absolute Gasteiger partial charge is 0.418 e. The molecule has 0 amide bonds. The molecule has 0 spiro atoms. The highest BCUT2D eigenvalue weighted by Gasteiger charge is 2.20. The van der Waals surface area contributed by atoms with E-state index >= 15 is 0 Å². The van der Waals surface area contributed by atoms with Crippen molar-refractivity contribution in [2.75, 3.05) is 0 Å². The van der Waals surface area contributed by atoms with Crippen molar-refractivity contribution in [3.63, 3.8) is 0 Å². The molecule has 0 radical (unpaired) electrons. The number of nitriles is 1. The Bertz CT molecular complexity index is 349. The van der Waals surface area contributed by atoms with Crippen molar-refractivity contribution in [1.29, 1.82) is 5.26 Å². The molecule has 0 fully saturated rings. The van der Waals surface area contributed by atoms with Gasteiger partial charge in [0.15, 0.2) is 0 Å². The van der Waals surface area contributed by atoms with Crippen molar-refractivity contribution in [2.45, 2.75) is 19.3 Å². The van der Waals surface area contributed by atoms with E-state index in [4.69, 9.17) is 5.26 Å². The number of aromatic nitrogens is 2. The maximum Gasteiger partial charge on any atom is 0.673 e. The first-order valence-corrected chi connectivity index (χ1v) is 4.53. The number of rotatable bonds is 2. The van der Waals surface area contributed by atoms with Gasteiger partial charge in [0.1, 0.15) is 11.7 Å². The standard InChI is InChI=1S/C8H11N3.BF4/c1-3-7(6-9)8-10-4-5-11(8)2;2-1(3,4)5/h4-5,7H,3H2,1-2H3;/q;-1. The third kappa shape index (κ3) is 6.06. The minimum absolute atomic E-state index is 0.0602. The molecule has 1 atom stereocenters. The molecule has 0 saturated carbocycles. The number of aryl methyl sites for hydroxylation is 1. The van der Waals surface area contributed by atoms with Gasteiger partial charge in [0, 0.05) is 19.4 Å². The average molecular weight is 236 g/mol. The monoisotopic (exact) mass is 236 g/mol. The van der Waals surface area contributed by atoms with Crippen molar-refractivity contribution in [3.05, 3.63) is 18.2 Å². The second-order valence-electron chi connectivity index (χ2n) is 2.98. The van der Waals surface area contributed by atoms with Crippen LogP contribution in [0.2, 0.25) is 0 Å². The second-order valence-corrected chi connectivity index (χ2v) is 2.98. The fourth-order valence-corrected chi connectivity index (χ4v) is 1.04. The molecule has 0 aliphatic rings. The Morgan fingerprint density at radius 1 is 1.50 bits per heavy atom. The summed E-state index contributed by atoms with van der Waals surface area (Å²) in [6, 6.07) is 2.21. The lowest BCUT2D eigenvalue weighted by Gasteiger charge is -2.04. The Balaban J connectivity index is 0.000000385. The summed E-state index contributed by atoms with van der Waals surface area (Å²) in [5.74, 6) is 0.796. The molecule has 1 aromatic rings. The van der Waals surface area contributed by atoms with Gasteiger partial charge in [-0.1, -0.05) is 6.92 Å². The Labute approximate surface area is 90.8 Å². The Kier molecular flexibility index (Phi) is 5.57. The summed E-state index contributed by atoms with van der Waals surface area (Å²) in [4.78, 5) is 4.10.